The Hall–Kier alpha value is 0.390. The average molecular weight is 148 g/mol. The number of hydrogen-bond donors (Lipinski definition) is 1. The summed E-state index contributed by atoms with van der Waals surface area (Å²) in [5, 5.41) is 8.96. The van der Waals surface area contributed by atoms with E-state index in [0.29, 0.717) is 6.61 Å². The van der Waals surface area contributed by atoms with E-state index in [1.165, 1.54) is 0 Å². The van der Waals surface area contributed by atoms with Crippen LogP contribution < -0.4 is 0 Å². The van der Waals surface area contributed by atoms with Crippen LogP contribution in [0.15, 0.2) is 0 Å². The molecule has 0 rings (SSSR count). The average Bonchev–Trinajstić information content (AvgIpc) is 1.95. The second-order valence-corrected chi connectivity index (χ2v) is 2.98. The molecule has 0 spiro atoms. The maximum absolute atomic E-state index is 8.96. The molecular formula is C7H17OP. The lowest BCUT2D eigenvalue weighted by Gasteiger charge is -2.26. The van der Waals surface area contributed by atoms with Crippen molar-refractivity contribution in [2.45, 2.75) is 26.7 Å². The van der Waals surface area contributed by atoms with Crippen molar-refractivity contribution in [2.75, 3.05) is 12.8 Å². The summed E-state index contributed by atoms with van der Waals surface area (Å²) in [4.78, 5) is 0. The van der Waals surface area contributed by atoms with Crippen molar-refractivity contribution in [3.63, 3.8) is 0 Å². The quantitative estimate of drug-likeness (QED) is 0.601. The molecule has 1 N–H and O–H groups in total. The Bertz CT molecular complexity index is 51.8. The molecule has 0 aliphatic carbocycles. The first-order valence-corrected chi connectivity index (χ1v) is 4.37. The zero-order chi connectivity index (χ0) is 7.33. The van der Waals surface area contributed by atoms with E-state index >= 15 is 0 Å². The first-order chi connectivity index (χ1) is 4.24. The SMILES string of the molecule is CCC(CC)(CO)CP. The molecule has 0 amide bonds. The van der Waals surface area contributed by atoms with Gasteiger partial charge in [-0.1, -0.05) is 13.8 Å². The zero-order valence-electron chi connectivity index (χ0n) is 6.35. The van der Waals surface area contributed by atoms with E-state index in [9.17, 15) is 0 Å². The molecule has 0 aromatic rings. The van der Waals surface area contributed by atoms with E-state index in [2.05, 4.69) is 23.1 Å². The van der Waals surface area contributed by atoms with Crippen LogP contribution in [0.1, 0.15) is 26.7 Å². The van der Waals surface area contributed by atoms with Crippen LogP contribution in [0.25, 0.3) is 0 Å². The van der Waals surface area contributed by atoms with Crippen molar-refractivity contribution in [3.8, 4) is 0 Å². The largest absolute Gasteiger partial charge is 0.396 e. The molecule has 0 aliphatic heterocycles. The predicted octanol–water partition coefficient (Wildman–Crippen LogP) is 1.66. The van der Waals surface area contributed by atoms with Crippen molar-refractivity contribution in [3.05, 3.63) is 0 Å². The van der Waals surface area contributed by atoms with Gasteiger partial charge in [-0.15, -0.1) is 9.24 Å². The molecule has 9 heavy (non-hydrogen) atoms. The van der Waals surface area contributed by atoms with E-state index in [-0.39, 0.29) is 5.41 Å². The Morgan fingerprint density at radius 1 is 1.33 bits per heavy atom. The zero-order valence-corrected chi connectivity index (χ0v) is 7.51. The lowest BCUT2D eigenvalue weighted by Crippen LogP contribution is -2.25. The van der Waals surface area contributed by atoms with Crippen LogP contribution in [0.5, 0.6) is 0 Å². The normalized spacial score (nSPS) is 12.0. The molecule has 0 heterocycles. The van der Waals surface area contributed by atoms with Gasteiger partial charge in [0.25, 0.3) is 0 Å². The van der Waals surface area contributed by atoms with E-state index in [1.807, 2.05) is 0 Å². The number of hydrogen-bond acceptors (Lipinski definition) is 1. The molecule has 2 heteroatoms. The third kappa shape index (κ3) is 2.23. The summed E-state index contributed by atoms with van der Waals surface area (Å²) in [7, 11) is 2.70. The lowest BCUT2D eigenvalue weighted by atomic mass is 9.86. The third-order valence-electron chi connectivity index (χ3n) is 2.27. The summed E-state index contributed by atoms with van der Waals surface area (Å²) in [5.74, 6) is 0. The highest BCUT2D eigenvalue weighted by Crippen LogP contribution is 2.27. The molecule has 0 radical (unpaired) electrons. The van der Waals surface area contributed by atoms with Crippen molar-refractivity contribution < 1.29 is 5.11 Å². The Morgan fingerprint density at radius 2 is 1.78 bits per heavy atom. The van der Waals surface area contributed by atoms with E-state index in [0.717, 1.165) is 19.0 Å². The monoisotopic (exact) mass is 148 g/mol. The fraction of sp³-hybridized carbons (Fsp3) is 1.00. The van der Waals surface area contributed by atoms with Gasteiger partial charge in [0, 0.05) is 6.61 Å². The van der Waals surface area contributed by atoms with Crippen molar-refractivity contribution in [1.29, 1.82) is 0 Å². The van der Waals surface area contributed by atoms with Crippen molar-refractivity contribution in [1.82, 2.24) is 0 Å². The molecular weight excluding hydrogens is 131 g/mol. The van der Waals surface area contributed by atoms with Gasteiger partial charge in [0.1, 0.15) is 0 Å². The van der Waals surface area contributed by atoms with Gasteiger partial charge < -0.3 is 5.11 Å². The highest BCUT2D eigenvalue weighted by atomic mass is 31.0. The fourth-order valence-electron chi connectivity index (χ4n) is 0.827. The highest BCUT2D eigenvalue weighted by molar-refractivity contribution is 7.16. The summed E-state index contributed by atoms with van der Waals surface area (Å²) in [6.07, 6.45) is 3.16. The van der Waals surface area contributed by atoms with Gasteiger partial charge in [-0.05, 0) is 24.4 Å². The Balaban J connectivity index is 3.82. The molecule has 56 valence electrons. The van der Waals surface area contributed by atoms with Gasteiger partial charge in [0.15, 0.2) is 0 Å². The van der Waals surface area contributed by atoms with Gasteiger partial charge in [0.2, 0.25) is 0 Å². The van der Waals surface area contributed by atoms with Crippen LogP contribution in [0.4, 0.5) is 0 Å². The lowest BCUT2D eigenvalue weighted by molar-refractivity contribution is 0.138. The Morgan fingerprint density at radius 3 is 1.78 bits per heavy atom. The summed E-state index contributed by atoms with van der Waals surface area (Å²) in [6.45, 7) is 4.58. The maximum Gasteiger partial charge on any atom is 0.0490 e. The molecule has 1 unspecified atom stereocenters. The molecule has 1 atom stereocenters. The maximum atomic E-state index is 8.96. The minimum Gasteiger partial charge on any atom is -0.396 e. The first kappa shape index (κ1) is 9.39. The second-order valence-electron chi connectivity index (χ2n) is 2.57. The number of rotatable bonds is 4. The standard InChI is InChI=1S/C7H17OP/c1-3-7(4-2,5-8)6-9/h8H,3-6,9H2,1-2H3. The van der Waals surface area contributed by atoms with E-state index < -0.39 is 0 Å². The molecule has 0 saturated heterocycles. The van der Waals surface area contributed by atoms with Crippen LogP contribution in [0, 0.1) is 5.41 Å². The summed E-state index contributed by atoms with van der Waals surface area (Å²) in [6, 6.07) is 0. The topological polar surface area (TPSA) is 20.2 Å². The minimum absolute atomic E-state index is 0.185. The van der Waals surface area contributed by atoms with Gasteiger partial charge >= 0.3 is 0 Å². The predicted molar refractivity (Wildman–Crippen MR) is 44.7 cm³/mol. The highest BCUT2D eigenvalue weighted by Gasteiger charge is 2.21. The van der Waals surface area contributed by atoms with Crippen LogP contribution in [-0.2, 0) is 0 Å². The van der Waals surface area contributed by atoms with Crippen LogP contribution in [-0.4, -0.2) is 17.9 Å². The van der Waals surface area contributed by atoms with Crippen molar-refractivity contribution >= 4 is 9.24 Å². The second kappa shape index (κ2) is 4.24. The van der Waals surface area contributed by atoms with Gasteiger partial charge in [-0.2, -0.15) is 0 Å². The number of aliphatic hydroxyl groups is 1. The fourth-order valence-corrected chi connectivity index (χ4v) is 1.53. The van der Waals surface area contributed by atoms with E-state index in [4.69, 9.17) is 5.11 Å². The Kier molecular flexibility index (Phi) is 4.43. The van der Waals surface area contributed by atoms with Crippen LogP contribution in [0.2, 0.25) is 0 Å². The summed E-state index contributed by atoms with van der Waals surface area (Å²) in [5.41, 5.74) is 0.185. The molecule has 0 bridgehead atoms. The summed E-state index contributed by atoms with van der Waals surface area (Å²) < 4.78 is 0. The van der Waals surface area contributed by atoms with E-state index in [1.54, 1.807) is 0 Å². The van der Waals surface area contributed by atoms with Crippen LogP contribution >= 0.6 is 9.24 Å². The van der Waals surface area contributed by atoms with Crippen molar-refractivity contribution in [2.24, 2.45) is 5.41 Å². The van der Waals surface area contributed by atoms with Gasteiger partial charge in [-0.3, -0.25) is 0 Å². The summed E-state index contributed by atoms with van der Waals surface area (Å²) >= 11 is 0. The van der Waals surface area contributed by atoms with Gasteiger partial charge in [-0.25, -0.2) is 0 Å². The van der Waals surface area contributed by atoms with Crippen LogP contribution in [0.3, 0.4) is 0 Å². The van der Waals surface area contributed by atoms with Gasteiger partial charge in [0.05, 0.1) is 0 Å². The molecule has 0 saturated carbocycles. The molecule has 1 nitrogen and oxygen atoms in total. The third-order valence-corrected chi connectivity index (χ3v) is 3.13. The molecule has 0 aromatic carbocycles. The minimum atomic E-state index is 0.185. The molecule has 0 fully saturated rings. The molecule has 0 aliphatic rings. The number of aliphatic hydroxyl groups excluding tert-OH is 1. The smallest absolute Gasteiger partial charge is 0.0490 e. The molecule has 0 aromatic heterocycles. The Labute approximate surface area is 60.1 Å². The first-order valence-electron chi connectivity index (χ1n) is 3.55.